The van der Waals surface area contributed by atoms with Gasteiger partial charge < -0.3 is 4.74 Å². The van der Waals surface area contributed by atoms with Gasteiger partial charge in [0.05, 0.1) is 0 Å². The van der Waals surface area contributed by atoms with Gasteiger partial charge in [-0.3, -0.25) is 0 Å². The summed E-state index contributed by atoms with van der Waals surface area (Å²) in [6, 6.07) is 0. The maximum atomic E-state index is 11.8. The Hall–Kier alpha value is -0.370. The summed E-state index contributed by atoms with van der Waals surface area (Å²) < 4.78 is 16.3. The monoisotopic (exact) mass is 104 g/mol. The molecular formula is C5H9FO. The second kappa shape index (κ2) is 2.75. The third kappa shape index (κ3) is 2.34. The first-order chi connectivity index (χ1) is 3.18. The molecule has 0 aliphatic heterocycles. The van der Waals surface area contributed by atoms with Gasteiger partial charge in [0.25, 0.3) is 0 Å². The summed E-state index contributed by atoms with van der Waals surface area (Å²) in [6.07, 6.45) is -0.458. The van der Waals surface area contributed by atoms with E-state index < -0.39 is 11.9 Å². The Morgan fingerprint density at radius 3 is 2.29 bits per heavy atom. The Labute approximate surface area is 42.8 Å². The highest BCUT2D eigenvalue weighted by atomic mass is 19.1. The van der Waals surface area contributed by atoms with Crippen molar-refractivity contribution in [3.8, 4) is 0 Å². The molecule has 0 aliphatic rings. The van der Waals surface area contributed by atoms with E-state index in [4.69, 9.17) is 0 Å². The van der Waals surface area contributed by atoms with Crippen molar-refractivity contribution in [2.45, 2.75) is 13.0 Å². The van der Waals surface area contributed by atoms with E-state index in [-0.39, 0.29) is 0 Å². The second-order valence-electron chi connectivity index (χ2n) is 1.32. The number of rotatable bonds is 2. The fourth-order valence-electron chi connectivity index (χ4n) is 0.128. The first kappa shape index (κ1) is 6.63. The lowest BCUT2D eigenvalue weighted by Crippen LogP contribution is -2.02. The van der Waals surface area contributed by atoms with Gasteiger partial charge in [0.2, 0.25) is 0 Å². The van der Waals surface area contributed by atoms with Crippen LogP contribution in [0.25, 0.3) is 0 Å². The molecule has 0 amide bonds. The van der Waals surface area contributed by atoms with Crippen LogP contribution in [0.3, 0.4) is 0 Å². The van der Waals surface area contributed by atoms with E-state index in [1.54, 1.807) is 6.92 Å². The van der Waals surface area contributed by atoms with Crippen molar-refractivity contribution in [2.75, 3.05) is 7.11 Å². The van der Waals surface area contributed by atoms with Gasteiger partial charge in [-0.1, -0.05) is 6.58 Å². The maximum Gasteiger partial charge on any atom is 0.121 e. The van der Waals surface area contributed by atoms with Gasteiger partial charge in [0, 0.05) is 7.11 Å². The van der Waals surface area contributed by atoms with Gasteiger partial charge in [-0.05, 0) is 6.92 Å². The Kier molecular flexibility index (Phi) is 2.60. The van der Waals surface area contributed by atoms with Gasteiger partial charge >= 0.3 is 0 Å². The van der Waals surface area contributed by atoms with E-state index in [0.717, 1.165) is 0 Å². The summed E-state index contributed by atoms with van der Waals surface area (Å²) in [4.78, 5) is 0. The van der Waals surface area contributed by atoms with E-state index >= 15 is 0 Å². The molecule has 0 spiro atoms. The molecule has 1 atom stereocenters. The Morgan fingerprint density at radius 2 is 2.29 bits per heavy atom. The number of hydrogen-bond acceptors (Lipinski definition) is 1. The molecule has 1 nitrogen and oxygen atoms in total. The van der Waals surface area contributed by atoms with Crippen LogP contribution in [0.2, 0.25) is 0 Å². The molecule has 0 rings (SSSR count). The largest absolute Gasteiger partial charge is 0.375 e. The van der Waals surface area contributed by atoms with Crippen LogP contribution < -0.4 is 0 Å². The SMILES string of the molecule is C=C(F)C(C)OC. The molecule has 0 radical (unpaired) electrons. The van der Waals surface area contributed by atoms with E-state index in [1.165, 1.54) is 7.11 Å². The van der Waals surface area contributed by atoms with Gasteiger partial charge in [0.1, 0.15) is 11.9 Å². The molecular weight excluding hydrogens is 95.1 g/mol. The van der Waals surface area contributed by atoms with Crippen molar-refractivity contribution in [1.29, 1.82) is 0 Å². The molecule has 7 heavy (non-hydrogen) atoms. The highest BCUT2D eigenvalue weighted by molar-refractivity contribution is 4.86. The van der Waals surface area contributed by atoms with E-state index in [0.29, 0.717) is 0 Å². The van der Waals surface area contributed by atoms with Gasteiger partial charge in [-0.25, -0.2) is 4.39 Å². The van der Waals surface area contributed by atoms with Crippen LogP contribution in [0.4, 0.5) is 4.39 Å². The lowest BCUT2D eigenvalue weighted by Gasteiger charge is -2.02. The standard InChI is InChI=1S/C5H9FO/c1-4(6)5(2)7-3/h5H,1H2,2-3H3. The van der Waals surface area contributed by atoms with Crippen molar-refractivity contribution in [3.05, 3.63) is 12.4 Å². The average molecular weight is 104 g/mol. The van der Waals surface area contributed by atoms with E-state index in [1.807, 2.05) is 0 Å². The summed E-state index contributed by atoms with van der Waals surface area (Å²) >= 11 is 0. The molecule has 0 aromatic carbocycles. The van der Waals surface area contributed by atoms with Crippen molar-refractivity contribution >= 4 is 0 Å². The first-order valence-electron chi connectivity index (χ1n) is 2.05. The van der Waals surface area contributed by atoms with E-state index in [9.17, 15) is 4.39 Å². The molecule has 0 saturated carbocycles. The predicted octanol–water partition coefficient (Wildman–Crippen LogP) is 1.50. The lowest BCUT2D eigenvalue weighted by molar-refractivity contribution is 0.128. The minimum atomic E-state index is -0.458. The molecule has 2 heteroatoms. The molecule has 0 aliphatic carbocycles. The van der Waals surface area contributed by atoms with Gasteiger partial charge in [0.15, 0.2) is 0 Å². The molecule has 0 heterocycles. The van der Waals surface area contributed by atoms with Crippen LogP contribution in [0, 0.1) is 0 Å². The molecule has 0 bridgehead atoms. The van der Waals surface area contributed by atoms with Crippen molar-refractivity contribution in [3.63, 3.8) is 0 Å². The molecule has 0 N–H and O–H groups in total. The van der Waals surface area contributed by atoms with Gasteiger partial charge in [-0.2, -0.15) is 0 Å². The van der Waals surface area contributed by atoms with Crippen LogP contribution in [0.15, 0.2) is 12.4 Å². The summed E-state index contributed by atoms with van der Waals surface area (Å²) in [5.74, 6) is -0.428. The zero-order valence-corrected chi connectivity index (χ0v) is 4.57. The summed E-state index contributed by atoms with van der Waals surface area (Å²) in [7, 11) is 1.44. The number of ether oxygens (including phenoxy) is 1. The zero-order valence-electron chi connectivity index (χ0n) is 4.57. The highest BCUT2D eigenvalue weighted by Crippen LogP contribution is 2.01. The molecule has 1 unspecified atom stereocenters. The summed E-state index contributed by atoms with van der Waals surface area (Å²) in [6.45, 7) is 4.63. The van der Waals surface area contributed by atoms with Crippen LogP contribution in [-0.2, 0) is 4.74 Å². The summed E-state index contributed by atoms with van der Waals surface area (Å²) in [5, 5.41) is 0. The normalized spacial score (nSPS) is 13.6. The zero-order chi connectivity index (χ0) is 5.86. The fourth-order valence-corrected chi connectivity index (χ4v) is 0.128. The predicted molar refractivity (Wildman–Crippen MR) is 26.7 cm³/mol. The van der Waals surface area contributed by atoms with Crippen LogP contribution in [-0.4, -0.2) is 13.2 Å². The van der Waals surface area contributed by atoms with E-state index in [2.05, 4.69) is 11.3 Å². The Balaban J connectivity index is 3.34. The molecule has 0 saturated heterocycles. The van der Waals surface area contributed by atoms with Crippen LogP contribution in [0.1, 0.15) is 6.92 Å². The topological polar surface area (TPSA) is 9.23 Å². The molecule has 42 valence electrons. The minimum Gasteiger partial charge on any atom is -0.375 e. The first-order valence-corrected chi connectivity index (χ1v) is 2.05. The van der Waals surface area contributed by atoms with Crippen LogP contribution >= 0.6 is 0 Å². The average Bonchev–Trinajstić information content (AvgIpc) is 1.65. The molecule has 0 aromatic heterocycles. The Morgan fingerprint density at radius 1 is 1.86 bits per heavy atom. The van der Waals surface area contributed by atoms with Crippen molar-refractivity contribution in [1.82, 2.24) is 0 Å². The number of methoxy groups -OCH3 is 1. The Bertz CT molecular complexity index is 70.5. The third-order valence-electron chi connectivity index (χ3n) is 0.795. The minimum absolute atomic E-state index is 0.428. The highest BCUT2D eigenvalue weighted by Gasteiger charge is 1.99. The van der Waals surface area contributed by atoms with Crippen molar-refractivity contribution in [2.24, 2.45) is 0 Å². The number of hydrogen-bond donors (Lipinski definition) is 0. The second-order valence-corrected chi connectivity index (χ2v) is 1.32. The molecule has 0 fully saturated rings. The maximum absolute atomic E-state index is 11.8. The smallest absolute Gasteiger partial charge is 0.121 e. The molecule has 0 aromatic rings. The van der Waals surface area contributed by atoms with Gasteiger partial charge in [-0.15, -0.1) is 0 Å². The fraction of sp³-hybridized carbons (Fsp3) is 0.600. The quantitative estimate of drug-likeness (QED) is 0.516. The van der Waals surface area contributed by atoms with Crippen molar-refractivity contribution < 1.29 is 9.13 Å². The number of halogens is 1. The van der Waals surface area contributed by atoms with Crippen LogP contribution in [0.5, 0.6) is 0 Å². The third-order valence-corrected chi connectivity index (χ3v) is 0.795. The lowest BCUT2D eigenvalue weighted by atomic mass is 10.4. The summed E-state index contributed by atoms with van der Waals surface area (Å²) in [5.41, 5.74) is 0.